The summed E-state index contributed by atoms with van der Waals surface area (Å²) in [6.07, 6.45) is 1.93. The number of carbonyl (C=O) groups excluding carboxylic acids is 1. The molecule has 1 N–H and O–H groups in total. The van der Waals surface area contributed by atoms with Crippen LogP contribution in [0.15, 0.2) is 10.2 Å². The van der Waals surface area contributed by atoms with E-state index >= 15 is 0 Å². The van der Waals surface area contributed by atoms with Crippen LogP contribution in [0.1, 0.15) is 12.8 Å². The van der Waals surface area contributed by atoms with Gasteiger partial charge in [0.05, 0.1) is 0 Å². The highest BCUT2D eigenvalue weighted by Crippen LogP contribution is 2.24. The summed E-state index contributed by atoms with van der Waals surface area (Å²) in [5.41, 5.74) is 0. The summed E-state index contributed by atoms with van der Waals surface area (Å²) < 4.78 is 0. The molecule has 0 aromatic rings. The van der Waals surface area contributed by atoms with Gasteiger partial charge in [0.2, 0.25) is 5.91 Å². The molecule has 2 rings (SSSR count). The van der Waals surface area contributed by atoms with Crippen molar-refractivity contribution >= 4 is 5.91 Å². The molecule has 4 nitrogen and oxygen atoms in total. The van der Waals surface area contributed by atoms with Crippen molar-refractivity contribution in [1.29, 1.82) is 0 Å². The fourth-order valence-electron chi connectivity index (χ4n) is 1.27. The monoisotopic (exact) mass is 139 g/mol. The van der Waals surface area contributed by atoms with Crippen LogP contribution >= 0.6 is 0 Å². The molecule has 0 aliphatic carbocycles. The third kappa shape index (κ3) is 1.01. The topological polar surface area (TPSA) is 53.8 Å². The number of nitrogens with zero attached hydrogens (tertiary/aromatic N) is 2. The average Bonchev–Trinajstić information content (AvgIpc) is 2.62. The minimum Gasteiger partial charge on any atom is -0.356 e. The first kappa shape index (κ1) is 5.82. The Labute approximate surface area is 58.7 Å². The van der Waals surface area contributed by atoms with Crippen LogP contribution in [0.25, 0.3) is 0 Å². The lowest BCUT2D eigenvalue weighted by Gasteiger charge is -2.00. The van der Waals surface area contributed by atoms with Crippen molar-refractivity contribution in [3.8, 4) is 0 Å². The van der Waals surface area contributed by atoms with Gasteiger partial charge in [-0.3, -0.25) is 4.79 Å². The lowest BCUT2D eigenvalue weighted by molar-refractivity contribution is -0.122. The molecule has 2 aliphatic rings. The maximum atomic E-state index is 10.9. The van der Waals surface area contributed by atoms with Crippen molar-refractivity contribution in [2.75, 3.05) is 6.54 Å². The Balaban J connectivity index is 1.84. The van der Waals surface area contributed by atoms with Crippen molar-refractivity contribution in [2.45, 2.75) is 19.0 Å². The highest BCUT2D eigenvalue weighted by atomic mass is 16.2. The van der Waals surface area contributed by atoms with Crippen LogP contribution in [-0.2, 0) is 4.79 Å². The quantitative estimate of drug-likeness (QED) is 0.588. The Morgan fingerprint density at radius 1 is 1.60 bits per heavy atom. The molecule has 0 aromatic heterocycles. The predicted octanol–water partition coefficient (Wildman–Crippen LogP) is 0.304. The zero-order chi connectivity index (χ0) is 6.97. The molecule has 0 aromatic carbocycles. The van der Waals surface area contributed by atoms with E-state index in [-0.39, 0.29) is 18.0 Å². The maximum Gasteiger partial charge on any atom is 0.223 e. The molecule has 54 valence electrons. The molecule has 1 unspecified atom stereocenters. The van der Waals surface area contributed by atoms with Gasteiger partial charge in [-0.25, -0.2) is 0 Å². The molecule has 1 atom stereocenters. The van der Waals surface area contributed by atoms with Crippen molar-refractivity contribution < 1.29 is 4.79 Å². The van der Waals surface area contributed by atoms with E-state index in [0.29, 0.717) is 0 Å². The van der Waals surface area contributed by atoms with Crippen LogP contribution in [0.4, 0.5) is 0 Å². The van der Waals surface area contributed by atoms with Crippen LogP contribution in [0.3, 0.4) is 0 Å². The molecule has 1 amide bonds. The molecule has 10 heavy (non-hydrogen) atoms. The largest absolute Gasteiger partial charge is 0.356 e. The zero-order valence-electron chi connectivity index (χ0n) is 5.58. The van der Waals surface area contributed by atoms with Crippen LogP contribution in [-0.4, -0.2) is 18.6 Å². The van der Waals surface area contributed by atoms with E-state index in [2.05, 4.69) is 15.5 Å². The number of hydrogen-bond donors (Lipinski definition) is 1. The second kappa shape index (κ2) is 2.04. The molecular formula is C6H9N3O. The third-order valence-electron chi connectivity index (χ3n) is 1.94. The highest BCUT2D eigenvalue weighted by molar-refractivity contribution is 5.80. The van der Waals surface area contributed by atoms with Gasteiger partial charge in [-0.1, -0.05) is 0 Å². The Morgan fingerprint density at radius 3 is 2.90 bits per heavy atom. The SMILES string of the molecule is O=C1NCCC1CC1N=N1. The Hall–Kier alpha value is -0.930. The van der Waals surface area contributed by atoms with E-state index < -0.39 is 0 Å². The Bertz CT molecular complexity index is 183. The minimum absolute atomic E-state index is 0.147. The molecule has 2 aliphatic heterocycles. The molecular weight excluding hydrogens is 130 g/mol. The molecule has 1 saturated heterocycles. The Kier molecular flexibility index (Phi) is 1.19. The van der Waals surface area contributed by atoms with Gasteiger partial charge < -0.3 is 5.32 Å². The number of rotatable bonds is 2. The predicted molar refractivity (Wildman–Crippen MR) is 34.4 cm³/mol. The summed E-state index contributed by atoms with van der Waals surface area (Å²) in [6, 6.07) is 0. The minimum atomic E-state index is 0.147. The van der Waals surface area contributed by atoms with E-state index in [4.69, 9.17) is 0 Å². The van der Waals surface area contributed by atoms with Crippen molar-refractivity contribution in [2.24, 2.45) is 16.1 Å². The van der Waals surface area contributed by atoms with E-state index in [9.17, 15) is 4.79 Å². The van der Waals surface area contributed by atoms with Crippen LogP contribution in [0.2, 0.25) is 0 Å². The first-order valence-electron chi connectivity index (χ1n) is 3.54. The first-order chi connectivity index (χ1) is 4.86. The number of hydrogen-bond acceptors (Lipinski definition) is 3. The van der Waals surface area contributed by atoms with Crippen molar-refractivity contribution in [1.82, 2.24) is 5.32 Å². The highest BCUT2D eigenvalue weighted by Gasteiger charge is 2.30. The standard InChI is InChI=1S/C6H9N3O/c10-6-4(1-2-7-6)3-5-8-9-5/h4-5H,1-3H2,(H,7,10). The van der Waals surface area contributed by atoms with Gasteiger partial charge in [0.1, 0.15) is 0 Å². The van der Waals surface area contributed by atoms with Crippen LogP contribution in [0.5, 0.6) is 0 Å². The second-order valence-electron chi connectivity index (χ2n) is 2.72. The van der Waals surface area contributed by atoms with Gasteiger partial charge in [-0.2, -0.15) is 10.2 Å². The molecule has 4 heteroatoms. The maximum absolute atomic E-state index is 10.9. The van der Waals surface area contributed by atoms with Crippen LogP contribution in [0, 0.1) is 5.92 Å². The zero-order valence-corrected chi connectivity index (χ0v) is 5.58. The second-order valence-corrected chi connectivity index (χ2v) is 2.72. The molecule has 2 heterocycles. The molecule has 1 fully saturated rings. The normalized spacial score (nSPS) is 30.8. The van der Waals surface area contributed by atoms with Crippen LogP contribution < -0.4 is 5.32 Å². The molecule has 0 radical (unpaired) electrons. The summed E-state index contributed by atoms with van der Waals surface area (Å²) in [4.78, 5) is 10.9. The summed E-state index contributed by atoms with van der Waals surface area (Å²) in [7, 11) is 0. The fraction of sp³-hybridized carbons (Fsp3) is 0.833. The molecule has 0 saturated carbocycles. The summed E-state index contributed by atoms with van der Waals surface area (Å²) in [6.45, 7) is 0.830. The first-order valence-corrected chi connectivity index (χ1v) is 3.54. The van der Waals surface area contributed by atoms with Gasteiger partial charge in [0.15, 0.2) is 6.17 Å². The van der Waals surface area contributed by atoms with Gasteiger partial charge in [0, 0.05) is 18.9 Å². The van der Waals surface area contributed by atoms with E-state index in [1.54, 1.807) is 0 Å². The van der Waals surface area contributed by atoms with Crippen molar-refractivity contribution in [3.05, 3.63) is 0 Å². The molecule has 0 spiro atoms. The summed E-state index contributed by atoms with van der Waals surface area (Å²) >= 11 is 0. The average molecular weight is 139 g/mol. The van der Waals surface area contributed by atoms with Gasteiger partial charge >= 0.3 is 0 Å². The smallest absolute Gasteiger partial charge is 0.223 e. The Morgan fingerprint density at radius 2 is 2.40 bits per heavy atom. The number of nitrogens with one attached hydrogen (secondary N) is 1. The number of amides is 1. The van der Waals surface area contributed by atoms with Crippen molar-refractivity contribution in [3.63, 3.8) is 0 Å². The third-order valence-corrected chi connectivity index (χ3v) is 1.94. The lowest BCUT2D eigenvalue weighted by Crippen LogP contribution is -2.19. The lowest BCUT2D eigenvalue weighted by atomic mass is 10.0. The van der Waals surface area contributed by atoms with Gasteiger partial charge in [0.25, 0.3) is 0 Å². The van der Waals surface area contributed by atoms with E-state index in [1.807, 2.05) is 0 Å². The molecule has 0 bridgehead atoms. The van der Waals surface area contributed by atoms with E-state index in [0.717, 1.165) is 19.4 Å². The van der Waals surface area contributed by atoms with Gasteiger partial charge in [-0.15, -0.1) is 0 Å². The number of carbonyl (C=O) groups is 1. The fourth-order valence-corrected chi connectivity index (χ4v) is 1.27. The van der Waals surface area contributed by atoms with E-state index in [1.165, 1.54) is 0 Å². The summed E-state index contributed by atoms with van der Waals surface area (Å²) in [5.74, 6) is 0.359. The summed E-state index contributed by atoms with van der Waals surface area (Å²) in [5, 5.41) is 10.3. The van der Waals surface area contributed by atoms with Gasteiger partial charge in [-0.05, 0) is 6.42 Å².